The van der Waals surface area contributed by atoms with Gasteiger partial charge in [-0.15, -0.1) is 5.16 Å². The molecule has 0 aliphatic rings. The molecule has 0 saturated carbocycles. The van der Waals surface area contributed by atoms with Crippen molar-refractivity contribution in [1.82, 2.24) is 0 Å². The van der Waals surface area contributed by atoms with Crippen LogP contribution >= 0.6 is 11.6 Å². The van der Waals surface area contributed by atoms with Crippen LogP contribution < -0.4 is 0 Å². The summed E-state index contributed by atoms with van der Waals surface area (Å²) in [5.74, 6) is 0. The first-order valence-electron chi connectivity index (χ1n) is 2.96. The fraction of sp³-hybridized carbons (Fsp3) is 0.500. The molecule has 0 heterocycles. The molecule has 0 atom stereocenters. The maximum Gasteiger partial charge on any atom is 0.142 e. The van der Waals surface area contributed by atoms with E-state index in [0.717, 1.165) is 6.29 Å². The summed E-state index contributed by atoms with van der Waals surface area (Å²) in [6.45, 7) is 4.57. The van der Waals surface area contributed by atoms with Crippen molar-refractivity contribution >= 4 is 29.3 Å². The van der Waals surface area contributed by atoms with Crippen molar-refractivity contribution in [2.45, 2.75) is 20.8 Å². The third kappa shape index (κ3) is 121. The predicted octanol–water partition coefficient (Wildman–Crippen LogP) is 1.70. The summed E-state index contributed by atoms with van der Waals surface area (Å²) in [7, 11) is 0. The summed E-state index contributed by atoms with van der Waals surface area (Å²) in [6.07, 6.45) is 2.06. The Morgan fingerprint density at radius 2 is 1.33 bits per heavy atom. The molecule has 0 amide bonds. The normalized spacial score (nSPS) is 7.33. The van der Waals surface area contributed by atoms with E-state index in [2.05, 4.69) is 10.3 Å². The van der Waals surface area contributed by atoms with Gasteiger partial charge < -0.3 is 15.2 Å². The van der Waals surface area contributed by atoms with Crippen LogP contribution in [0.3, 0.4) is 0 Å². The Labute approximate surface area is 170 Å². The zero-order valence-corrected chi connectivity index (χ0v) is 18.2. The fourth-order valence-electron chi connectivity index (χ4n) is 0. The van der Waals surface area contributed by atoms with Gasteiger partial charge >= 0.3 is 0 Å². The number of halogens is 1. The summed E-state index contributed by atoms with van der Waals surface area (Å²) >= 11 is 4.96. The molecular formula is C6H13ClN2O3Y3. The van der Waals surface area contributed by atoms with Crippen molar-refractivity contribution in [3.05, 3.63) is 0 Å². The van der Waals surface area contributed by atoms with Gasteiger partial charge in [-0.2, -0.15) is 0 Å². The number of aldehydes is 1. The Morgan fingerprint density at radius 3 is 1.33 bits per heavy atom. The van der Waals surface area contributed by atoms with Crippen LogP contribution in [0.2, 0.25) is 0 Å². The van der Waals surface area contributed by atoms with E-state index in [4.69, 9.17) is 26.8 Å². The second-order valence-corrected chi connectivity index (χ2v) is 1.75. The van der Waals surface area contributed by atoms with Crippen LogP contribution in [0.5, 0.6) is 0 Å². The van der Waals surface area contributed by atoms with E-state index in [1.165, 1.54) is 20.1 Å². The van der Waals surface area contributed by atoms with E-state index < -0.39 is 0 Å². The van der Waals surface area contributed by atoms with Gasteiger partial charge in [0.2, 0.25) is 0 Å². The van der Waals surface area contributed by atoms with Gasteiger partial charge in [0, 0.05) is 104 Å². The van der Waals surface area contributed by atoms with Crippen molar-refractivity contribution in [2.24, 2.45) is 10.3 Å². The van der Waals surface area contributed by atoms with E-state index in [1.807, 2.05) is 0 Å². The standard InChI is InChI=1S/C2H4ClNO.C2H5NO.C2H4O.3Y/c1-2(3)4-5;1-2-3-4;1-2-3;;;/h5H,1H3;2,4H,1H3;2H,1H3;;;/b4-2-;3-2+;;;;. The molecular weight excluding hydrogens is 450 g/mol. The zero-order valence-electron chi connectivity index (χ0n) is 8.96. The van der Waals surface area contributed by atoms with Gasteiger partial charge in [-0.1, -0.05) is 16.8 Å². The number of hydrogen-bond donors (Lipinski definition) is 2. The Kier molecular flexibility index (Phi) is 106. The minimum absolute atomic E-state index is 0. The van der Waals surface area contributed by atoms with Crippen molar-refractivity contribution in [1.29, 1.82) is 0 Å². The third-order valence-electron chi connectivity index (χ3n) is 0.253. The molecule has 0 aromatic carbocycles. The third-order valence-corrected chi connectivity index (χ3v) is 0.329. The average molecular weight is 463 g/mol. The first-order valence-corrected chi connectivity index (χ1v) is 3.34. The average Bonchev–Trinajstić information content (AvgIpc) is 2.06. The molecule has 0 spiro atoms. The SMILES string of the molecule is C/C(Cl)=N/O.C/C=N/O.CC=O.[Y].[Y].[Y]. The minimum Gasteiger partial charge on any atom is -0.411 e. The number of hydrogen-bond acceptors (Lipinski definition) is 5. The van der Waals surface area contributed by atoms with E-state index in [1.54, 1.807) is 6.92 Å². The fourth-order valence-corrected chi connectivity index (χ4v) is 0. The topological polar surface area (TPSA) is 82.2 Å². The first kappa shape index (κ1) is 36.0. The van der Waals surface area contributed by atoms with Gasteiger partial charge in [0.25, 0.3) is 0 Å². The molecule has 0 rings (SSSR count). The van der Waals surface area contributed by atoms with Gasteiger partial charge in [-0.05, 0) is 20.8 Å². The van der Waals surface area contributed by atoms with Crippen LogP contribution in [0, 0.1) is 0 Å². The molecule has 5 nitrogen and oxygen atoms in total. The Morgan fingerprint density at radius 1 is 1.20 bits per heavy atom. The van der Waals surface area contributed by atoms with Crippen LogP contribution in [-0.2, 0) is 103 Å². The van der Waals surface area contributed by atoms with Gasteiger partial charge in [-0.3, -0.25) is 0 Å². The summed E-state index contributed by atoms with van der Waals surface area (Å²) in [6, 6.07) is 0. The van der Waals surface area contributed by atoms with E-state index in [-0.39, 0.29) is 103 Å². The first-order chi connectivity index (χ1) is 5.60. The Balaban J connectivity index is -0.0000000189. The largest absolute Gasteiger partial charge is 0.411 e. The number of nitrogens with zero attached hydrogens (tertiary/aromatic N) is 2. The number of oxime groups is 2. The maximum atomic E-state index is 8.81. The van der Waals surface area contributed by atoms with Crippen molar-refractivity contribution in [3.63, 3.8) is 0 Å². The molecule has 0 saturated heterocycles. The molecule has 0 aromatic heterocycles. The smallest absolute Gasteiger partial charge is 0.142 e. The molecule has 3 radical (unpaired) electrons. The summed E-state index contributed by atoms with van der Waals surface area (Å²) in [4.78, 5) is 8.81. The molecule has 0 aliphatic heterocycles. The van der Waals surface area contributed by atoms with Crippen LogP contribution in [0.15, 0.2) is 10.3 Å². The van der Waals surface area contributed by atoms with Crippen LogP contribution in [0.25, 0.3) is 0 Å². The van der Waals surface area contributed by atoms with Crippen molar-refractivity contribution in [2.75, 3.05) is 0 Å². The zero-order chi connectivity index (χ0) is 10.4. The molecule has 0 aliphatic carbocycles. The van der Waals surface area contributed by atoms with Crippen LogP contribution in [0.4, 0.5) is 0 Å². The van der Waals surface area contributed by atoms with Crippen LogP contribution in [0.1, 0.15) is 20.8 Å². The second kappa shape index (κ2) is 44.2. The molecule has 0 unspecified atom stereocenters. The van der Waals surface area contributed by atoms with E-state index in [0.29, 0.717) is 0 Å². The maximum absolute atomic E-state index is 8.81. The summed E-state index contributed by atoms with van der Waals surface area (Å²) in [5.41, 5.74) is 0. The Bertz CT molecular complexity index is 140. The molecule has 2 N–H and O–H groups in total. The summed E-state index contributed by atoms with van der Waals surface area (Å²) in [5, 5.41) is 20.4. The molecule has 0 fully saturated rings. The number of rotatable bonds is 0. The second-order valence-electron chi connectivity index (χ2n) is 1.21. The quantitative estimate of drug-likeness (QED) is 0.248. The molecule has 9 heteroatoms. The Hall–Kier alpha value is 2.21. The van der Waals surface area contributed by atoms with Gasteiger partial charge in [0.05, 0.1) is 0 Å². The monoisotopic (exact) mass is 463 g/mol. The van der Waals surface area contributed by atoms with Crippen molar-refractivity contribution in [3.8, 4) is 0 Å². The number of carbonyl (C=O) groups excluding carboxylic acids is 1. The predicted molar refractivity (Wildman–Crippen MR) is 48.4 cm³/mol. The van der Waals surface area contributed by atoms with Crippen LogP contribution in [-0.4, -0.2) is 28.1 Å². The summed E-state index contributed by atoms with van der Waals surface area (Å²) < 4.78 is 0. The minimum atomic E-state index is 0. The number of carbonyl (C=O) groups is 1. The van der Waals surface area contributed by atoms with E-state index in [9.17, 15) is 0 Å². The van der Waals surface area contributed by atoms with Gasteiger partial charge in [-0.25, -0.2) is 0 Å². The molecule has 81 valence electrons. The van der Waals surface area contributed by atoms with Crippen molar-refractivity contribution < 1.29 is 113 Å². The van der Waals surface area contributed by atoms with E-state index >= 15 is 0 Å². The molecule has 15 heavy (non-hydrogen) atoms. The molecule has 0 aromatic rings. The van der Waals surface area contributed by atoms with Gasteiger partial charge in [0.1, 0.15) is 11.5 Å². The molecule has 0 bridgehead atoms. The van der Waals surface area contributed by atoms with Gasteiger partial charge in [0.15, 0.2) is 0 Å².